The van der Waals surface area contributed by atoms with Crippen molar-refractivity contribution < 1.29 is 19.7 Å². The third-order valence-electron chi connectivity index (χ3n) is 4.32. The lowest BCUT2D eigenvalue weighted by atomic mass is 9.94. The van der Waals surface area contributed by atoms with Crippen molar-refractivity contribution >= 4 is 11.7 Å². The van der Waals surface area contributed by atoms with Crippen molar-refractivity contribution in [2.75, 3.05) is 18.1 Å². The van der Waals surface area contributed by atoms with Gasteiger partial charge in [-0.1, -0.05) is 12.1 Å². The first-order valence-corrected chi connectivity index (χ1v) is 8.21. The number of aromatic hydroxyl groups is 1. The van der Waals surface area contributed by atoms with Crippen LogP contribution in [0.25, 0.3) is 0 Å². The minimum absolute atomic E-state index is 0.100. The lowest BCUT2D eigenvalue weighted by Gasteiger charge is -2.19. The number of benzene rings is 2. The molecule has 2 N–H and O–H groups in total. The molecule has 0 aliphatic carbocycles. The van der Waals surface area contributed by atoms with Gasteiger partial charge in [0.2, 0.25) is 0 Å². The van der Waals surface area contributed by atoms with E-state index in [0.29, 0.717) is 24.4 Å². The Hall–Kier alpha value is -3.46. The molecular weight excluding hydrogens is 332 g/mol. The average Bonchev–Trinajstić information content (AvgIpc) is 3.06. The number of ether oxygens (including phenoxy) is 1. The number of carboxylic acid groups (broad SMARTS) is 1. The van der Waals surface area contributed by atoms with Crippen molar-refractivity contribution in [3.63, 3.8) is 0 Å². The number of anilines is 1. The van der Waals surface area contributed by atoms with Crippen LogP contribution in [0.3, 0.4) is 0 Å². The zero-order chi connectivity index (χ0) is 18.7. The predicted molar refractivity (Wildman–Crippen MR) is 96.5 cm³/mol. The van der Waals surface area contributed by atoms with Gasteiger partial charge in [-0.2, -0.15) is 5.26 Å². The second-order valence-electron chi connectivity index (χ2n) is 5.91. The van der Waals surface area contributed by atoms with Crippen LogP contribution in [-0.4, -0.2) is 29.3 Å². The maximum absolute atomic E-state index is 11.0. The van der Waals surface area contributed by atoms with Crippen LogP contribution in [0.1, 0.15) is 28.8 Å². The maximum Gasteiger partial charge on any atom is 0.339 e. The number of hydrogen-bond donors (Lipinski definition) is 2. The molecule has 0 fully saturated rings. The number of carbonyl (C=O) groups is 1. The van der Waals surface area contributed by atoms with Gasteiger partial charge < -0.3 is 19.8 Å². The fourth-order valence-electron chi connectivity index (χ4n) is 3.02. The van der Waals surface area contributed by atoms with E-state index in [1.165, 1.54) is 12.1 Å². The molecule has 0 saturated heterocycles. The molecule has 0 saturated carbocycles. The fraction of sp³-hybridized carbons (Fsp3) is 0.200. The Bertz CT molecular complexity index is 897. The molecule has 1 aliphatic heterocycles. The number of carboxylic acids is 1. The molecule has 0 spiro atoms. The zero-order valence-corrected chi connectivity index (χ0v) is 14.2. The summed E-state index contributed by atoms with van der Waals surface area (Å²) < 4.78 is 5.45. The molecule has 1 unspecified atom stereocenters. The summed E-state index contributed by atoms with van der Waals surface area (Å²) in [6, 6.07) is 14.2. The van der Waals surface area contributed by atoms with Crippen molar-refractivity contribution in [3.8, 4) is 17.6 Å². The van der Waals surface area contributed by atoms with Crippen molar-refractivity contribution in [2.45, 2.75) is 12.8 Å². The van der Waals surface area contributed by atoms with Crippen LogP contribution in [0.5, 0.6) is 11.5 Å². The number of phenols is 1. The van der Waals surface area contributed by atoms with E-state index in [0.717, 1.165) is 11.3 Å². The number of hydrogen-bond acceptors (Lipinski definition) is 5. The molecule has 0 bridgehead atoms. The van der Waals surface area contributed by atoms with E-state index in [2.05, 4.69) is 6.07 Å². The molecule has 2 aromatic rings. The lowest BCUT2D eigenvalue weighted by molar-refractivity contribution is 0.0694. The summed E-state index contributed by atoms with van der Waals surface area (Å²) in [7, 11) is 0. The fourth-order valence-corrected chi connectivity index (χ4v) is 3.02. The van der Waals surface area contributed by atoms with Gasteiger partial charge in [0, 0.05) is 30.4 Å². The van der Waals surface area contributed by atoms with E-state index in [1.54, 1.807) is 12.3 Å². The summed E-state index contributed by atoms with van der Waals surface area (Å²) in [5, 5.41) is 28.4. The summed E-state index contributed by atoms with van der Waals surface area (Å²) in [6.45, 7) is 3.04. The van der Waals surface area contributed by atoms with Gasteiger partial charge in [0.25, 0.3) is 0 Å². The molecule has 0 radical (unpaired) electrons. The van der Waals surface area contributed by atoms with Crippen molar-refractivity contribution in [1.29, 1.82) is 5.26 Å². The highest BCUT2D eigenvalue weighted by Gasteiger charge is 2.27. The van der Waals surface area contributed by atoms with Crippen LogP contribution in [0, 0.1) is 11.3 Å². The first-order chi connectivity index (χ1) is 12.5. The molecule has 3 rings (SSSR count). The van der Waals surface area contributed by atoms with Gasteiger partial charge in [-0.25, -0.2) is 4.79 Å². The Balaban J connectivity index is 1.85. The highest BCUT2D eigenvalue weighted by Crippen LogP contribution is 2.36. The second kappa shape index (κ2) is 7.19. The molecule has 1 atom stereocenters. The smallest absolute Gasteiger partial charge is 0.339 e. The topological polar surface area (TPSA) is 93.8 Å². The van der Waals surface area contributed by atoms with Crippen LogP contribution in [0.4, 0.5) is 5.69 Å². The minimum atomic E-state index is -1.18. The van der Waals surface area contributed by atoms with Crippen LogP contribution in [-0.2, 0) is 0 Å². The van der Waals surface area contributed by atoms with Gasteiger partial charge in [0.15, 0.2) is 0 Å². The molecule has 6 nitrogen and oxygen atoms in total. The summed E-state index contributed by atoms with van der Waals surface area (Å²) in [6.07, 6.45) is 1.73. The van der Waals surface area contributed by atoms with Gasteiger partial charge in [-0.05, 0) is 36.8 Å². The van der Waals surface area contributed by atoms with E-state index in [1.807, 2.05) is 36.1 Å². The average molecular weight is 350 g/mol. The Morgan fingerprint density at radius 1 is 1.31 bits per heavy atom. The molecule has 1 heterocycles. The van der Waals surface area contributed by atoms with E-state index >= 15 is 0 Å². The molecule has 6 heteroatoms. The molecular formula is C20H18N2O4. The Labute approximate surface area is 151 Å². The zero-order valence-electron chi connectivity index (χ0n) is 14.2. The van der Waals surface area contributed by atoms with Crippen molar-refractivity contribution in [1.82, 2.24) is 0 Å². The quantitative estimate of drug-likeness (QED) is 0.857. The normalized spacial score (nSPS) is 16.1. The molecule has 0 aromatic heterocycles. The van der Waals surface area contributed by atoms with Crippen LogP contribution in [0.2, 0.25) is 0 Å². The van der Waals surface area contributed by atoms with Gasteiger partial charge in [0.05, 0.1) is 18.2 Å². The summed E-state index contributed by atoms with van der Waals surface area (Å²) in [4.78, 5) is 12.9. The first-order valence-electron chi connectivity index (χ1n) is 8.21. The van der Waals surface area contributed by atoms with Gasteiger partial charge in [-0.15, -0.1) is 0 Å². The molecule has 132 valence electrons. The van der Waals surface area contributed by atoms with Crippen LogP contribution >= 0.6 is 0 Å². The first kappa shape index (κ1) is 17.4. The molecule has 1 aliphatic rings. The van der Waals surface area contributed by atoms with Gasteiger partial charge in [0.1, 0.15) is 17.1 Å². The molecule has 0 amide bonds. The monoisotopic (exact) mass is 350 g/mol. The maximum atomic E-state index is 11.0. The molecule has 2 aromatic carbocycles. The van der Waals surface area contributed by atoms with Crippen molar-refractivity contribution in [3.05, 3.63) is 65.4 Å². The number of rotatable bonds is 5. The Morgan fingerprint density at radius 2 is 2.04 bits per heavy atom. The lowest BCUT2D eigenvalue weighted by Crippen LogP contribution is -2.16. The Morgan fingerprint density at radius 3 is 2.62 bits per heavy atom. The van der Waals surface area contributed by atoms with Crippen molar-refractivity contribution in [2.24, 2.45) is 0 Å². The van der Waals surface area contributed by atoms with Crippen LogP contribution < -0.4 is 9.64 Å². The summed E-state index contributed by atoms with van der Waals surface area (Å²) in [5.74, 6) is -0.804. The SMILES string of the molecule is CCOc1ccc(C2CN(c3ccc(C(=O)O)c(O)c3)C=C2C#N)cc1. The summed E-state index contributed by atoms with van der Waals surface area (Å²) in [5.41, 5.74) is 2.08. The van der Waals surface area contributed by atoms with Gasteiger partial charge in [-0.3, -0.25) is 0 Å². The molecule has 26 heavy (non-hydrogen) atoms. The largest absolute Gasteiger partial charge is 0.507 e. The number of nitriles is 1. The predicted octanol–water partition coefficient (Wildman–Crippen LogP) is 3.50. The standard InChI is InChI=1S/C20H18N2O4/c1-2-26-16-6-3-13(4-7-16)18-12-22(11-14(18)10-21)15-5-8-17(20(24)25)19(23)9-15/h3-9,11,18,23H,2,12H2,1H3,(H,24,25). The van der Waals surface area contributed by atoms with Gasteiger partial charge >= 0.3 is 5.97 Å². The minimum Gasteiger partial charge on any atom is -0.507 e. The van der Waals surface area contributed by atoms with E-state index in [4.69, 9.17) is 9.84 Å². The summed E-state index contributed by atoms with van der Waals surface area (Å²) >= 11 is 0. The number of aromatic carboxylic acids is 1. The second-order valence-corrected chi connectivity index (χ2v) is 5.91. The highest BCUT2D eigenvalue weighted by atomic mass is 16.5. The highest BCUT2D eigenvalue weighted by molar-refractivity contribution is 5.91. The third-order valence-corrected chi connectivity index (χ3v) is 4.32. The van der Waals surface area contributed by atoms with E-state index in [-0.39, 0.29) is 17.2 Å². The van der Waals surface area contributed by atoms with E-state index in [9.17, 15) is 15.2 Å². The van der Waals surface area contributed by atoms with Crippen LogP contribution in [0.15, 0.2) is 54.2 Å². The van der Waals surface area contributed by atoms with E-state index < -0.39 is 5.97 Å². The Kier molecular flexibility index (Phi) is 4.81. The third kappa shape index (κ3) is 3.33. The number of nitrogens with zero attached hydrogens (tertiary/aromatic N) is 2.